The minimum atomic E-state index is -1.42. The maximum Gasteiger partial charge on any atom is 0.371 e. The monoisotopic (exact) mass is 666 g/mol. The molecule has 16 heteroatoms. The molecular formula is C28H46N2O12S2. The first kappa shape index (κ1) is 39.5. The van der Waals surface area contributed by atoms with Crippen LogP contribution in [0.2, 0.25) is 0 Å². The molecule has 1 aliphatic rings. The van der Waals surface area contributed by atoms with Crippen LogP contribution in [0.15, 0.2) is 0 Å². The van der Waals surface area contributed by atoms with Crippen molar-refractivity contribution in [2.24, 2.45) is 10.8 Å². The van der Waals surface area contributed by atoms with E-state index in [0.717, 1.165) is 13.1 Å². The standard InChI is InChI=1S/C28H46N2O12S2/c1-26(2,3)22(33)39-17-41-24(35)43-16-19(20(31)38-13-9-10-30-11-14-37-15-12-30)29-21(32)28(7,8)44-25(36)42-18-40-23(34)27(4,5)6/h19H,9-18H2,1-8H3,(H,29,32)/t19-/m0/s1. The fraction of sp³-hybridized carbons (Fsp3) is 0.786. The average Bonchev–Trinajstić information content (AvgIpc) is 2.92. The summed E-state index contributed by atoms with van der Waals surface area (Å²) in [6.07, 6.45) is 0.549. The number of morpholine rings is 1. The number of nitrogens with zero attached hydrogens (tertiary/aromatic N) is 1. The van der Waals surface area contributed by atoms with Gasteiger partial charge >= 0.3 is 28.5 Å². The minimum Gasteiger partial charge on any atom is -0.464 e. The van der Waals surface area contributed by atoms with Crippen LogP contribution in [0.25, 0.3) is 0 Å². The molecule has 14 nitrogen and oxygen atoms in total. The normalized spacial score (nSPS) is 15.0. The quantitative estimate of drug-likeness (QED) is 0.124. The molecule has 0 radical (unpaired) electrons. The van der Waals surface area contributed by atoms with Crippen molar-refractivity contribution in [3.05, 3.63) is 0 Å². The van der Waals surface area contributed by atoms with Crippen LogP contribution < -0.4 is 5.32 Å². The predicted molar refractivity (Wildman–Crippen MR) is 163 cm³/mol. The van der Waals surface area contributed by atoms with Gasteiger partial charge in [-0.25, -0.2) is 14.4 Å². The Morgan fingerprint density at radius 2 is 1.30 bits per heavy atom. The molecule has 0 aliphatic carbocycles. The number of thioether (sulfide) groups is 2. The van der Waals surface area contributed by atoms with Gasteiger partial charge in [0, 0.05) is 25.4 Å². The number of amides is 1. The van der Waals surface area contributed by atoms with E-state index in [1.54, 1.807) is 41.5 Å². The molecule has 1 saturated heterocycles. The maximum absolute atomic E-state index is 13.1. The number of carbonyl (C=O) groups is 6. The molecule has 1 amide bonds. The van der Waals surface area contributed by atoms with Crippen LogP contribution in [0.4, 0.5) is 9.59 Å². The predicted octanol–water partition coefficient (Wildman–Crippen LogP) is 3.35. The number of esters is 3. The smallest absolute Gasteiger partial charge is 0.371 e. The van der Waals surface area contributed by atoms with Crippen molar-refractivity contribution in [1.29, 1.82) is 0 Å². The fourth-order valence-electron chi connectivity index (χ4n) is 3.06. The highest BCUT2D eigenvalue weighted by Crippen LogP contribution is 2.27. The Hall–Kier alpha value is -2.56. The molecule has 0 spiro atoms. The van der Waals surface area contributed by atoms with Gasteiger partial charge in [-0.15, -0.1) is 0 Å². The van der Waals surface area contributed by atoms with Gasteiger partial charge in [0.15, 0.2) is 0 Å². The Balaban J connectivity index is 2.72. The van der Waals surface area contributed by atoms with E-state index in [1.807, 2.05) is 0 Å². The molecule has 0 unspecified atom stereocenters. The Labute approximate surface area is 267 Å². The first-order chi connectivity index (χ1) is 20.3. The first-order valence-electron chi connectivity index (χ1n) is 14.1. The molecule has 1 N–H and O–H groups in total. The molecular weight excluding hydrogens is 620 g/mol. The molecule has 1 rings (SSSR count). The van der Waals surface area contributed by atoms with E-state index in [4.69, 9.17) is 28.4 Å². The third-order valence-corrected chi connectivity index (χ3v) is 7.60. The largest absolute Gasteiger partial charge is 0.464 e. The first-order valence-corrected chi connectivity index (χ1v) is 15.9. The molecule has 1 fully saturated rings. The summed E-state index contributed by atoms with van der Waals surface area (Å²) in [4.78, 5) is 76.5. The van der Waals surface area contributed by atoms with Gasteiger partial charge in [0.25, 0.3) is 0 Å². The van der Waals surface area contributed by atoms with Gasteiger partial charge in [0.05, 0.1) is 35.4 Å². The van der Waals surface area contributed by atoms with Crippen LogP contribution in [-0.2, 0) is 47.6 Å². The Morgan fingerprint density at radius 1 is 0.773 bits per heavy atom. The second-order valence-electron chi connectivity index (χ2n) is 12.3. The molecule has 0 saturated carbocycles. The number of carbonyl (C=O) groups excluding carboxylic acids is 6. The second kappa shape index (κ2) is 18.4. The molecule has 0 bridgehead atoms. The Morgan fingerprint density at radius 3 is 1.82 bits per heavy atom. The minimum absolute atomic E-state index is 0.0815. The van der Waals surface area contributed by atoms with E-state index in [-0.39, 0.29) is 12.4 Å². The van der Waals surface area contributed by atoms with E-state index >= 15 is 0 Å². The summed E-state index contributed by atoms with van der Waals surface area (Å²) in [5.41, 5.74) is -1.57. The molecule has 252 valence electrons. The molecule has 1 heterocycles. The highest BCUT2D eigenvalue weighted by Gasteiger charge is 2.36. The summed E-state index contributed by atoms with van der Waals surface area (Å²) >= 11 is 1.10. The summed E-state index contributed by atoms with van der Waals surface area (Å²) in [7, 11) is 0. The summed E-state index contributed by atoms with van der Waals surface area (Å²) in [5, 5.41) is 0.811. The van der Waals surface area contributed by atoms with Crippen LogP contribution in [-0.4, -0.2) is 109 Å². The highest BCUT2D eigenvalue weighted by atomic mass is 32.2. The maximum atomic E-state index is 13.1. The second-order valence-corrected chi connectivity index (χ2v) is 14.8. The molecule has 0 aromatic carbocycles. The number of rotatable bonds is 14. The molecule has 1 atom stereocenters. The fourth-order valence-corrected chi connectivity index (χ4v) is 4.39. The summed E-state index contributed by atoms with van der Waals surface area (Å²) in [5.74, 6) is -2.88. The SMILES string of the molecule is CC(C)(C)C(=O)OCOC(=O)SC[C@H](NC(=O)C(C)(C)SC(=O)OCOC(=O)C(C)(C)C)C(=O)OCCCN1CCOCC1. The van der Waals surface area contributed by atoms with E-state index in [2.05, 4.69) is 10.2 Å². The number of hydrogen-bond acceptors (Lipinski definition) is 15. The lowest BCUT2D eigenvalue weighted by Gasteiger charge is -2.27. The molecule has 1 aliphatic heterocycles. The highest BCUT2D eigenvalue weighted by molar-refractivity contribution is 8.15. The van der Waals surface area contributed by atoms with Gasteiger partial charge in [0.2, 0.25) is 19.5 Å². The van der Waals surface area contributed by atoms with Crippen molar-refractivity contribution in [3.8, 4) is 0 Å². The van der Waals surface area contributed by atoms with Crippen molar-refractivity contribution >= 4 is 57.9 Å². The third kappa shape index (κ3) is 16.0. The van der Waals surface area contributed by atoms with Crippen LogP contribution >= 0.6 is 23.5 Å². The van der Waals surface area contributed by atoms with Crippen molar-refractivity contribution in [3.63, 3.8) is 0 Å². The Kier molecular flexibility index (Phi) is 16.5. The van der Waals surface area contributed by atoms with Gasteiger partial charge in [0.1, 0.15) is 6.04 Å². The van der Waals surface area contributed by atoms with Gasteiger partial charge < -0.3 is 33.7 Å². The molecule has 0 aromatic rings. The zero-order valence-corrected chi connectivity index (χ0v) is 28.4. The lowest BCUT2D eigenvalue weighted by Crippen LogP contribution is -2.50. The van der Waals surface area contributed by atoms with E-state index in [0.29, 0.717) is 49.7 Å². The van der Waals surface area contributed by atoms with Crippen LogP contribution in [0, 0.1) is 10.8 Å². The van der Waals surface area contributed by atoms with E-state index in [1.165, 1.54) is 13.8 Å². The zero-order chi connectivity index (χ0) is 33.6. The zero-order valence-electron chi connectivity index (χ0n) is 26.8. The lowest BCUT2D eigenvalue weighted by molar-refractivity contribution is -0.161. The van der Waals surface area contributed by atoms with Crippen LogP contribution in [0.5, 0.6) is 0 Å². The number of nitrogens with one attached hydrogen (secondary N) is 1. The van der Waals surface area contributed by atoms with Crippen molar-refractivity contribution in [2.75, 3.05) is 58.8 Å². The topological polar surface area (TPSA) is 173 Å². The van der Waals surface area contributed by atoms with Crippen molar-refractivity contribution in [1.82, 2.24) is 10.2 Å². The summed E-state index contributed by atoms with van der Waals surface area (Å²) < 4.78 is 28.9. The number of hydrogen-bond donors (Lipinski definition) is 1. The lowest BCUT2D eigenvalue weighted by atomic mass is 9.97. The van der Waals surface area contributed by atoms with Gasteiger partial charge in [-0.3, -0.25) is 19.3 Å². The Bertz CT molecular complexity index is 1000. The van der Waals surface area contributed by atoms with Crippen molar-refractivity contribution in [2.45, 2.75) is 72.6 Å². The van der Waals surface area contributed by atoms with E-state index in [9.17, 15) is 28.8 Å². The van der Waals surface area contributed by atoms with Gasteiger partial charge in [-0.05, 0) is 85.3 Å². The van der Waals surface area contributed by atoms with Gasteiger partial charge in [-0.2, -0.15) is 0 Å². The third-order valence-electron chi connectivity index (χ3n) is 5.77. The van der Waals surface area contributed by atoms with Gasteiger partial charge in [-0.1, -0.05) is 0 Å². The van der Waals surface area contributed by atoms with Crippen molar-refractivity contribution < 1.29 is 57.2 Å². The van der Waals surface area contributed by atoms with E-state index < -0.39 is 69.6 Å². The molecule has 44 heavy (non-hydrogen) atoms. The van der Waals surface area contributed by atoms with Crippen LogP contribution in [0.3, 0.4) is 0 Å². The van der Waals surface area contributed by atoms with Crippen LogP contribution in [0.1, 0.15) is 61.8 Å². The summed E-state index contributed by atoms with van der Waals surface area (Å²) in [6.45, 7) is 15.1. The average molecular weight is 667 g/mol. The summed E-state index contributed by atoms with van der Waals surface area (Å²) in [6, 6.07) is -1.27. The molecule has 0 aromatic heterocycles. The number of ether oxygens (including phenoxy) is 6.